The number of aliphatic hydroxyl groups excluding tert-OH is 1. The first-order chi connectivity index (χ1) is 19.3. The van der Waals surface area contributed by atoms with Gasteiger partial charge in [-0.25, -0.2) is 24.4 Å². The first-order valence-electron chi connectivity index (χ1n) is 14.2. The van der Waals surface area contributed by atoms with E-state index in [1.165, 1.54) is 0 Å². The lowest BCUT2D eigenvalue weighted by molar-refractivity contribution is -0.180. The highest BCUT2D eigenvalue weighted by Gasteiger charge is 2.27. The summed E-state index contributed by atoms with van der Waals surface area (Å²) in [6.07, 6.45) is 6.59. The van der Waals surface area contributed by atoms with Crippen molar-refractivity contribution in [1.82, 2.24) is 20.1 Å². The van der Waals surface area contributed by atoms with Crippen molar-refractivity contribution in [2.75, 3.05) is 26.3 Å². The molecule has 0 radical (unpaired) electrons. The maximum atomic E-state index is 11.8. The number of fused-ring (bicyclic) bond motifs is 1. The molecule has 0 unspecified atom stereocenters. The van der Waals surface area contributed by atoms with E-state index in [2.05, 4.69) is 15.5 Å². The number of aryl methyl sites for hydroxylation is 1. The highest BCUT2D eigenvalue weighted by atomic mass is 16.7. The van der Waals surface area contributed by atoms with Crippen LogP contribution in [0.4, 0.5) is 0 Å². The average Bonchev–Trinajstić information content (AvgIpc) is 3.28. The molecule has 0 amide bonds. The number of hydrogen-bond acceptors (Lipinski definition) is 7. The lowest BCUT2D eigenvalue weighted by Gasteiger charge is -2.33. The molecular formula is C30H42N4O6. The van der Waals surface area contributed by atoms with Crippen molar-refractivity contribution in [3.05, 3.63) is 80.1 Å². The summed E-state index contributed by atoms with van der Waals surface area (Å²) in [4.78, 5) is 23.6. The molecule has 0 saturated heterocycles. The van der Waals surface area contributed by atoms with Crippen molar-refractivity contribution in [3.63, 3.8) is 0 Å². The molecular weight excluding hydrogens is 512 g/mol. The van der Waals surface area contributed by atoms with Crippen LogP contribution in [0.3, 0.4) is 0 Å². The van der Waals surface area contributed by atoms with E-state index in [1.54, 1.807) is 6.07 Å². The predicted molar refractivity (Wildman–Crippen MR) is 153 cm³/mol. The van der Waals surface area contributed by atoms with E-state index in [0.29, 0.717) is 18.8 Å². The number of H-pyrrole nitrogens is 2. The first kappa shape index (κ1) is 29.8. The molecule has 40 heavy (non-hydrogen) atoms. The minimum absolute atomic E-state index is 0.469. The summed E-state index contributed by atoms with van der Waals surface area (Å²) < 4.78 is 18.4. The number of unbranched alkanes of at least 4 members (excludes halogenated alkanes) is 4. The second-order valence-corrected chi connectivity index (χ2v) is 10.7. The summed E-state index contributed by atoms with van der Waals surface area (Å²) in [6, 6.07) is 13.3. The molecule has 218 valence electrons. The van der Waals surface area contributed by atoms with E-state index >= 15 is 0 Å². The Bertz CT molecular complexity index is 1300. The van der Waals surface area contributed by atoms with E-state index in [0.717, 1.165) is 91.7 Å². The molecule has 0 spiro atoms. The monoisotopic (exact) mass is 554 g/mol. The van der Waals surface area contributed by atoms with Crippen molar-refractivity contribution in [1.29, 1.82) is 0 Å². The van der Waals surface area contributed by atoms with Crippen LogP contribution in [0, 0.1) is 0 Å². The number of nitrogens with zero attached hydrogens (tertiary/aromatic N) is 1. The maximum absolute atomic E-state index is 11.8. The van der Waals surface area contributed by atoms with Gasteiger partial charge in [0.2, 0.25) is 5.79 Å². The molecule has 1 aliphatic heterocycles. The molecule has 0 fully saturated rings. The van der Waals surface area contributed by atoms with Crippen LogP contribution in [0.5, 0.6) is 5.75 Å². The first-order valence-corrected chi connectivity index (χ1v) is 14.2. The van der Waals surface area contributed by atoms with Crippen molar-refractivity contribution in [2.45, 2.75) is 77.3 Å². The summed E-state index contributed by atoms with van der Waals surface area (Å²) in [7, 11) is 0. The second-order valence-electron chi connectivity index (χ2n) is 10.7. The van der Waals surface area contributed by atoms with Gasteiger partial charge in [-0.05, 0) is 74.0 Å². The SMILES string of the molecule is CC1(C)OCc2cc([C@@H](O)CNCCCCCCOCCCCc3cccc(-n4c(=O)[nH][nH]c4=O)c3)ccc2O1. The number of aliphatic hydroxyl groups is 1. The van der Waals surface area contributed by atoms with Crippen LogP contribution in [0.2, 0.25) is 0 Å². The zero-order chi connectivity index (χ0) is 28.4. The molecule has 10 nitrogen and oxygen atoms in total. The molecule has 2 heterocycles. The molecule has 1 aromatic heterocycles. The third-order valence-electron chi connectivity index (χ3n) is 6.99. The number of benzene rings is 2. The van der Waals surface area contributed by atoms with Gasteiger partial charge in [0.25, 0.3) is 0 Å². The molecule has 1 atom stereocenters. The number of ether oxygens (including phenoxy) is 3. The summed E-state index contributed by atoms with van der Waals surface area (Å²) >= 11 is 0. The molecule has 3 aromatic rings. The van der Waals surface area contributed by atoms with Crippen molar-refractivity contribution in [2.24, 2.45) is 0 Å². The van der Waals surface area contributed by atoms with Crippen LogP contribution < -0.4 is 21.4 Å². The van der Waals surface area contributed by atoms with E-state index in [-0.39, 0.29) is 0 Å². The number of rotatable bonds is 16. The summed E-state index contributed by atoms with van der Waals surface area (Å²) in [5.74, 6) is 0.201. The molecule has 0 bridgehead atoms. The van der Waals surface area contributed by atoms with Gasteiger partial charge in [0.05, 0.1) is 18.4 Å². The standard InChI is InChI=1S/C30H42N4O6/c1-30(2)39-21-24-19-23(13-14-27(24)40-30)26(35)20-31-15-6-3-4-7-16-38-17-8-5-10-22-11-9-12-25(18-22)34-28(36)32-33-29(34)37/h9,11-14,18-19,26,31,35H,3-8,10,15-17,20-21H2,1-2H3,(H,32,36)(H,33,37)/t26-/m0/s1. The molecule has 0 aliphatic carbocycles. The van der Waals surface area contributed by atoms with Crippen LogP contribution in [0.25, 0.3) is 5.69 Å². The van der Waals surface area contributed by atoms with Gasteiger partial charge in [0.1, 0.15) is 5.75 Å². The Morgan fingerprint density at radius 3 is 2.55 bits per heavy atom. The molecule has 1 aliphatic rings. The zero-order valence-corrected chi connectivity index (χ0v) is 23.5. The molecule has 4 rings (SSSR count). The van der Waals surface area contributed by atoms with Gasteiger partial charge < -0.3 is 24.6 Å². The van der Waals surface area contributed by atoms with Crippen LogP contribution in [0.1, 0.15) is 75.2 Å². The van der Waals surface area contributed by atoms with Gasteiger partial charge in [0, 0.05) is 39.2 Å². The van der Waals surface area contributed by atoms with E-state index in [9.17, 15) is 14.7 Å². The fraction of sp³-hybridized carbons (Fsp3) is 0.533. The van der Waals surface area contributed by atoms with Gasteiger partial charge in [-0.3, -0.25) is 0 Å². The molecule has 4 N–H and O–H groups in total. The Morgan fingerprint density at radius 2 is 1.75 bits per heavy atom. The van der Waals surface area contributed by atoms with Crippen LogP contribution in [-0.4, -0.2) is 52.0 Å². The smallest absolute Gasteiger partial charge is 0.348 e. The van der Waals surface area contributed by atoms with Gasteiger partial charge in [-0.1, -0.05) is 31.0 Å². The lowest BCUT2D eigenvalue weighted by atomic mass is 10.0. The minimum Gasteiger partial charge on any atom is -0.463 e. The fourth-order valence-corrected chi connectivity index (χ4v) is 4.76. The normalized spacial score (nSPS) is 15.0. The van der Waals surface area contributed by atoms with Gasteiger partial charge in [0.15, 0.2) is 0 Å². The summed E-state index contributed by atoms with van der Waals surface area (Å²) in [5, 5.41) is 18.5. The predicted octanol–water partition coefficient (Wildman–Crippen LogP) is 3.72. The van der Waals surface area contributed by atoms with E-state index in [1.807, 2.05) is 50.2 Å². The summed E-state index contributed by atoms with van der Waals surface area (Å²) in [5.41, 5.74) is 2.55. The number of aromatic nitrogens is 3. The highest BCUT2D eigenvalue weighted by molar-refractivity contribution is 5.39. The second kappa shape index (κ2) is 14.5. The van der Waals surface area contributed by atoms with Crippen LogP contribution in [-0.2, 0) is 22.5 Å². The zero-order valence-electron chi connectivity index (χ0n) is 23.5. The number of nitrogens with one attached hydrogen (secondary N) is 3. The largest absolute Gasteiger partial charge is 0.463 e. The van der Waals surface area contributed by atoms with Gasteiger partial charge in [-0.2, -0.15) is 0 Å². The Kier molecular flexibility index (Phi) is 10.8. The summed E-state index contributed by atoms with van der Waals surface area (Å²) in [6.45, 7) is 7.16. The van der Waals surface area contributed by atoms with E-state index < -0.39 is 23.3 Å². The number of aromatic amines is 2. The van der Waals surface area contributed by atoms with E-state index in [4.69, 9.17) is 14.2 Å². The fourth-order valence-electron chi connectivity index (χ4n) is 4.76. The number of hydrogen-bond donors (Lipinski definition) is 4. The minimum atomic E-state index is -0.617. The Balaban J connectivity index is 0.992. The third-order valence-corrected chi connectivity index (χ3v) is 6.99. The average molecular weight is 555 g/mol. The van der Waals surface area contributed by atoms with Crippen molar-refractivity contribution < 1.29 is 19.3 Å². The quantitative estimate of drug-likeness (QED) is 0.199. The topological polar surface area (TPSA) is 131 Å². The molecule has 0 saturated carbocycles. The molecule has 2 aromatic carbocycles. The van der Waals surface area contributed by atoms with Gasteiger partial charge in [-0.15, -0.1) is 0 Å². The Hall–Kier alpha value is -3.18. The van der Waals surface area contributed by atoms with Gasteiger partial charge >= 0.3 is 11.4 Å². The lowest BCUT2D eigenvalue weighted by Crippen LogP contribution is -2.35. The Labute approximate surface area is 234 Å². The maximum Gasteiger partial charge on any atom is 0.348 e. The third kappa shape index (κ3) is 8.66. The van der Waals surface area contributed by atoms with Crippen molar-refractivity contribution >= 4 is 0 Å². The highest BCUT2D eigenvalue weighted by Crippen LogP contribution is 2.32. The molecule has 10 heteroatoms. The Morgan fingerprint density at radius 1 is 1.00 bits per heavy atom. The van der Waals surface area contributed by atoms with Crippen molar-refractivity contribution in [3.8, 4) is 11.4 Å². The van der Waals surface area contributed by atoms with Crippen LogP contribution in [0.15, 0.2) is 52.1 Å². The van der Waals surface area contributed by atoms with Crippen LogP contribution >= 0.6 is 0 Å².